The van der Waals surface area contributed by atoms with E-state index in [-0.39, 0.29) is 12.7 Å². The first-order chi connectivity index (χ1) is 13.2. The highest BCUT2D eigenvalue weighted by atomic mass is 32.1. The molecule has 138 valence electrons. The van der Waals surface area contributed by atoms with Gasteiger partial charge in [-0.15, -0.1) is 11.3 Å². The molecule has 0 radical (unpaired) electrons. The molecule has 1 amide bonds. The van der Waals surface area contributed by atoms with Gasteiger partial charge in [-0.2, -0.15) is 0 Å². The van der Waals surface area contributed by atoms with Gasteiger partial charge in [0.1, 0.15) is 12.4 Å². The zero-order valence-corrected chi connectivity index (χ0v) is 15.6. The van der Waals surface area contributed by atoms with Crippen molar-refractivity contribution in [3.63, 3.8) is 0 Å². The molecule has 0 aliphatic carbocycles. The third-order valence-electron chi connectivity index (χ3n) is 4.17. The van der Waals surface area contributed by atoms with Gasteiger partial charge in [0, 0.05) is 24.5 Å². The summed E-state index contributed by atoms with van der Waals surface area (Å²) in [5.41, 5.74) is 4.26. The number of thiazole rings is 1. The molecule has 6 nitrogen and oxygen atoms in total. The van der Waals surface area contributed by atoms with Gasteiger partial charge in [0.25, 0.3) is 5.91 Å². The van der Waals surface area contributed by atoms with Crippen LogP contribution in [0.15, 0.2) is 53.4 Å². The molecule has 7 heteroatoms. The standard InChI is InChI=1S/C20H18N2O4S/c1-22(9-14-2-7-18-19(8-14)26-13-25-18)20(23)15-3-5-17(6-4-15)24-10-16-11-27-12-21-16/h2-8,11-12H,9-10,13H2,1H3. The number of amides is 1. The predicted molar refractivity (Wildman–Crippen MR) is 101 cm³/mol. The topological polar surface area (TPSA) is 60.9 Å². The summed E-state index contributed by atoms with van der Waals surface area (Å²) in [5.74, 6) is 2.10. The monoisotopic (exact) mass is 382 g/mol. The summed E-state index contributed by atoms with van der Waals surface area (Å²) in [6.07, 6.45) is 0. The highest BCUT2D eigenvalue weighted by molar-refractivity contribution is 7.07. The first-order valence-electron chi connectivity index (χ1n) is 8.43. The van der Waals surface area contributed by atoms with E-state index < -0.39 is 0 Å². The van der Waals surface area contributed by atoms with Crippen molar-refractivity contribution in [1.82, 2.24) is 9.88 Å². The first kappa shape index (κ1) is 17.4. The minimum Gasteiger partial charge on any atom is -0.487 e. The van der Waals surface area contributed by atoms with Gasteiger partial charge in [-0.3, -0.25) is 4.79 Å². The number of ether oxygens (including phenoxy) is 3. The molecule has 2 aromatic carbocycles. The third kappa shape index (κ3) is 4.03. The lowest BCUT2D eigenvalue weighted by molar-refractivity contribution is 0.0785. The highest BCUT2D eigenvalue weighted by Crippen LogP contribution is 2.32. The molecule has 0 saturated heterocycles. The van der Waals surface area contributed by atoms with Gasteiger partial charge in [-0.1, -0.05) is 6.07 Å². The maximum Gasteiger partial charge on any atom is 0.253 e. The molecule has 1 aliphatic rings. The maximum absolute atomic E-state index is 12.7. The summed E-state index contributed by atoms with van der Waals surface area (Å²) >= 11 is 1.54. The van der Waals surface area contributed by atoms with Crippen molar-refractivity contribution < 1.29 is 19.0 Å². The molecule has 3 aromatic rings. The van der Waals surface area contributed by atoms with Crippen molar-refractivity contribution in [1.29, 1.82) is 0 Å². The van der Waals surface area contributed by atoms with Crippen LogP contribution in [0.4, 0.5) is 0 Å². The molecule has 0 fully saturated rings. The molecule has 0 saturated carbocycles. The first-order valence-corrected chi connectivity index (χ1v) is 9.37. The lowest BCUT2D eigenvalue weighted by atomic mass is 10.1. The summed E-state index contributed by atoms with van der Waals surface area (Å²) in [6.45, 7) is 1.14. The van der Waals surface area contributed by atoms with E-state index >= 15 is 0 Å². The molecular weight excluding hydrogens is 364 g/mol. The second-order valence-corrected chi connectivity index (χ2v) is 6.86. The molecule has 0 spiro atoms. The normalized spacial score (nSPS) is 12.0. The molecule has 0 bridgehead atoms. The van der Waals surface area contributed by atoms with Crippen molar-refractivity contribution >= 4 is 17.2 Å². The zero-order valence-electron chi connectivity index (χ0n) is 14.8. The maximum atomic E-state index is 12.7. The molecule has 2 heterocycles. The van der Waals surface area contributed by atoms with Gasteiger partial charge < -0.3 is 19.1 Å². The second-order valence-electron chi connectivity index (χ2n) is 6.14. The van der Waals surface area contributed by atoms with E-state index in [1.807, 2.05) is 23.6 Å². The SMILES string of the molecule is CN(Cc1ccc2c(c1)OCO2)C(=O)c1ccc(OCc2cscn2)cc1. The number of carbonyl (C=O) groups excluding carboxylic acids is 1. The van der Waals surface area contributed by atoms with Gasteiger partial charge in [0.2, 0.25) is 6.79 Å². The molecule has 1 aliphatic heterocycles. The average Bonchev–Trinajstić information content (AvgIpc) is 3.37. The molecule has 0 atom stereocenters. The number of nitrogens with zero attached hydrogens (tertiary/aromatic N) is 2. The molecule has 0 unspecified atom stereocenters. The fourth-order valence-corrected chi connectivity index (χ4v) is 3.31. The Bertz CT molecular complexity index is 926. The fourth-order valence-electron chi connectivity index (χ4n) is 2.77. The van der Waals surface area contributed by atoms with Crippen LogP contribution in [-0.4, -0.2) is 29.6 Å². The Morgan fingerprint density at radius 3 is 2.78 bits per heavy atom. The van der Waals surface area contributed by atoms with E-state index in [1.165, 1.54) is 11.3 Å². The van der Waals surface area contributed by atoms with Crippen LogP contribution in [0.3, 0.4) is 0 Å². The Balaban J connectivity index is 1.36. The van der Waals surface area contributed by atoms with Gasteiger partial charge in [0.15, 0.2) is 11.5 Å². The lowest BCUT2D eigenvalue weighted by Crippen LogP contribution is -2.26. The van der Waals surface area contributed by atoms with Crippen LogP contribution in [0.2, 0.25) is 0 Å². The van der Waals surface area contributed by atoms with Crippen LogP contribution in [0.25, 0.3) is 0 Å². The predicted octanol–water partition coefficient (Wildman–Crippen LogP) is 3.72. The Labute approximate surface area is 160 Å². The van der Waals surface area contributed by atoms with Crippen molar-refractivity contribution in [2.45, 2.75) is 13.2 Å². The van der Waals surface area contributed by atoms with Crippen LogP contribution in [0.5, 0.6) is 17.2 Å². The van der Waals surface area contributed by atoms with Crippen LogP contribution in [-0.2, 0) is 13.2 Å². The zero-order chi connectivity index (χ0) is 18.6. The summed E-state index contributed by atoms with van der Waals surface area (Å²) in [5, 5.41) is 1.95. The van der Waals surface area contributed by atoms with E-state index in [1.54, 1.807) is 41.7 Å². The summed E-state index contributed by atoms with van der Waals surface area (Å²) in [7, 11) is 1.78. The quantitative estimate of drug-likeness (QED) is 0.650. The molecular formula is C20H18N2O4S. The summed E-state index contributed by atoms with van der Waals surface area (Å²) in [4.78, 5) is 18.5. The number of aromatic nitrogens is 1. The lowest BCUT2D eigenvalue weighted by Gasteiger charge is -2.18. The number of benzene rings is 2. The molecule has 4 rings (SSSR count). The Hall–Kier alpha value is -3.06. The van der Waals surface area contributed by atoms with Crippen LogP contribution >= 0.6 is 11.3 Å². The van der Waals surface area contributed by atoms with E-state index in [0.717, 1.165) is 22.8 Å². The van der Waals surface area contributed by atoms with Crippen molar-refractivity contribution in [2.75, 3.05) is 13.8 Å². The number of hydrogen-bond acceptors (Lipinski definition) is 6. The van der Waals surface area contributed by atoms with Crippen molar-refractivity contribution in [2.24, 2.45) is 0 Å². The Morgan fingerprint density at radius 2 is 2.00 bits per heavy atom. The molecule has 0 N–H and O–H groups in total. The van der Waals surface area contributed by atoms with Gasteiger partial charge >= 0.3 is 0 Å². The van der Waals surface area contributed by atoms with E-state index in [4.69, 9.17) is 14.2 Å². The Morgan fingerprint density at radius 1 is 1.19 bits per heavy atom. The van der Waals surface area contributed by atoms with Crippen LogP contribution < -0.4 is 14.2 Å². The number of hydrogen-bond donors (Lipinski definition) is 0. The summed E-state index contributed by atoms with van der Waals surface area (Å²) < 4.78 is 16.4. The number of rotatable bonds is 6. The summed E-state index contributed by atoms with van der Waals surface area (Å²) in [6, 6.07) is 12.9. The molecule has 1 aromatic heterocycles. The van der Waals surface area contributed by atoms with E-state index in [2.05, 4.69) is 4.98 Å². The van der Waals surface area contributed by atoms with Gasteiger partial charge in [-0.25, -0.2) is 4.98 Å². The van der Waals surface area contributed by atoms with E-state index in [9.17, 15) is 4.79 Å². The van der Waals surface area contributed by atoms with E-state index in [0.29, 0.717) is 24.5 Å². The third-order valence-corrected chi connectivity index (χ3v) is 4.81. The van der Waals surface area contributed by atoms with Gasteiger partial charge in [0.05, 0.1) is 11.2 Å². The van der Waals surface area contributed by atoms with Gasteiger partial charge in [-0.05, 0) is 42.0 Å². The second kappa shape index (κ2) is 7.67. The number of carbonyl (C=O) groups is 1. The fraction of sp³-hybridized carbons (Fsp3) is 0.200. The smallest absolute Gasteiger partial charge is 0.253 e. The van der Waals surface area contributed by atoms with Crippen LogP contribution in [0.1, 0.15) is 21.6 Å². The Kier molecular flexibility index (Phi) is 4.93. The largest absolute Gasteiger partial charge is 0.487 e. The van der Waals surface area contributed by atoms with Crippen molar-refractivity contribution in [3.05, 3.63) is 70.2 Å². The van der Waals surface area contributed by atoms with Crippen LogP contribution in [0, 0.1) is 0 Å². The minimum absolute atomic E-state index is 0.0567. The highest BCUT2D eigenvalue weighted by Gasteiger charge is 2.16. The number of fused-ring (bicyclic) bond motifs is 1. The molecule has 27 heavy (non-hydrogen) atoms. The van der Waals surface area contributed by atoms with Crippen molar-refractivity contribution in [3.8, 4) is 17.2 Å². The average molecular weight is 382 g/mol. The minimum atomic E-state index is -0.0567.